The van der Waals surface area contributed by atoms with Gasteiger partial charge in [0.05, 0.1) is 6.04 Å². The number of aryl methyl sites for hydroxylation is 1. The predicted octanol–water partition coefficient (Wildman–Crippen LogP) is 2.48. The fourth-order valence-electron chi connectivity index (χ4n) is 1.34. The van der Waals surface area contributed by atoms with E-state index in [4.69, 9.17) is 5.73 Å². The third kappa shape index (κ3) is 4.71. The van der Waals surface area contributed by atoms with E-state index >= 15 is 0 Å². The smallest absolute Gasteiger partial charge is 0.241 e. The van der Waals surface area contributed by atoms with Gasteiger partial charge in [0.2, 0.25) is 5.91 Å². The van der Waals surface area contributed by atoms with Gasteiger partial charge in [0.15, 0.2) is 0 Å². The Morgan fingerprint density at radius 1 is 1.35 bits per heavy atom. The molecule has 0 aromatic heterocycles. The molecule has 3 nitrogen and oxygen atoms in total. The molecule has 1 rings (SSSR count). The topological polar surface area (TPSA) is 55.1 Å². The zero-order valence-corrected chi connectivity index (χ0v) is 11.0. The lowest BCUT2D eigenvalue weighted by Gasteiger charge is -2.15. The first kappa shape index (κ1) is 15.9. The molecule has 1 amide bonds. The van der Waals surface area contributed by atoms with E-state index in [-0.39, 0.29) is 30.0 Å². The number of nitrogens with one attached hydrogen (secondary N) is 1. The molecule has 0 radical (unpaired) electrons. The van der Waals surface area contributed by atoms with E-state index in [2.05, 4.69) is 5.32 Å². The van der Waals surface area contributed by atoms with Gasteiger partial charge in [-0.25, -0.2) is 4.39 Å². The minimum Gasteiger partial charge on any atom is -0.325 e. The van der Waals surface area contributed by atoms with Crippen LogP contribution in [0, 0.1) is 18.7 Å². The van der Waals surface area contributed by atoms with Crippen LogP contribution < -0.4 is 11.1 Å². The summed E-state index contributed by atoms with van der Waals surface area (Å²) in [5.41, 5.74) is 6.88. The minimum atomic E-state index is -0.580. The molecule has 0 aliphatic carbocycles. The highest BCUT2D eigenvalue weighted by Crippen LogP contribution is 2.14. The van der Waals surface area contributed by atoms with E-state index in [1.807, 2.05) is 13.8 Å². The van der Waals surface area contributed by atoms with Crippen LogP contribution in [0.25, 0.3) is 0 Å². The molecule has 0 unspecified atom stereocenters. The molecule has 96 valence electrons. The molecule has 3 N–H and O–H groups in total. The van der Waals surface area contributed by atoms with Gasteiger partial charge in [-0.15, -0.1) is 12.4 Å². The second-order valence-corrected chi connectivity index (χ2v) is 4.28. The lowest BCUT2D eigenvalue weighted by Crippen LogP contribution is -2.39. The number of nitrogens with two attached hydrogens (primary N) is 1. The molecule has 0 saturated carbocycles. The van der Waals surface area contributed by atoms with Crippen molar-refractivity contribution in [1.82, 2.24) is 0 Å². The van der Waals surface area contributed by atoms with Crippen LogP contribution in [0.5, 0.6) is 0 Å². The Hall–Kier alpha value is -1.13. The van der Waals surface area contributed by atoms with Crippen LogP contribution in [0.4, 0.5) is 10.1 Å². The molecule has 1 aromatic carbocycles. The highest BCUT2D eigenvalue weighted by molar-refractivity contribution is 5.94. The van der Waals surface area contributed by atoms with Gasteiger partial charge in [-0.1, -0.05) is 13.8 Å². The molecule has 17 heavy (non-hydrogen) atoms. The first-order chi connectivity index (χ1) is 7.40. The van der Waals surface area contributed by atoms with Crippen LogP contribution in [-0.4, -0.2) is 11.9 Å². The van der Waals surface area contributed by atoms with Crippen molar-refractivity contribution in [1.29, 1.82) is 0 Å². The largest absolute Gasteiger partial charge is 0.325 e. The number of hydrogen-bond acceptors (Lipinski definition) is 2. The van der Waals surface area contributed by atoms with E-state index < -0.39 is 6.04 Å². The predicted molar refractivity (Wildman–Crippen MR) is 69.8 cm³/mol. The summed E-state index contributed by atoms with van der Waals surface area (Å²) in [5, 5.41) is 2.60. The molecule has 0 bridgehead atoms. The number of carbonyl (C=O) groups excluding carboxylic acids is 1. The van der Waals surface area contributed by atoms with Crippen LogP contribution >= 0.6 is 12.4 Å². The zero-order valence-electron chi connectivity index (χ0n) is 10.2. The lowest BCUT2D eigenvalue weighted by molar-refractivity contribution is -0.118. The Balaban J connectivity index is 0.00000256. The molecular weight excluding hydrogens is 243 g/mol. The number of benzene rings is 1. The van der Waals surface area contributed by atoms with Gasteiger partial charge in [0.25, 0.3) is 0 Å². The Bertz CT molecular complexity index is 376. The Morgan fingerprint density at radius 2 is 1.94 bits per heavy atom. The highest BCUT2D eigenvalue weighted by atomic mass is 35.5. The van der Waals surface area contributed by atoms with E-state index in [0.29, 0.717) is 5.69 Å². The molecule has 0 fully saturated rings. The first-order valence-electron chi connectivity index (χ1n) is 5.24. The highest BCUT2D eigenvalue weighted by Gasteiger charge is 2.17. The summed E-state index contributed by atoms with van der Waals surface area (Å²) in [6, 6.07) is 3.80. The molecule has 0 aliphatic heterocycles. The standard InChI is InChI=1S/C12H17FN2O.ClH/c1-7(2)11(14)12(16)15-10-5-8(3)4-9(13)6-10;/h4-7,11H,14H2,1-3H3,(H,15,16);1H/t11-;/m0./s1. The van der Waals surface area contributed by atoms with E-state index in [0.717, 1.165) is 5.56 Å². The number of amides is 1. The summed E-state index contributed by atoms with van der Waals surface area (Å²) in [5.74, 6) is -0.608. The summed E-state index contributed by atoms with van der Waals surface area (Å²) in [6.45, 7) is 5.49. The number of anilines is 1. The van der Waals surface area contributed by atoms with Crippen LogP contribution in [0.15, 0.2) is 18.2 Å². The van der Waals surface area contributed by atoms with Crippen molar-refractivity contribution in [2.45, 2.75) is 26.8 Å². The van der Waals surface area contributed by atoms with Crippen molar-refractivity contribution in [3.63, 3.8) is 0 Å². The van der Waals surface area contributed by atoms with Crippen LogP contribution in [-0.2, 0) is 4.79 Å². The van der Waals surface area contributed by atoms with Gasteiger partial charge in [-0.3, -0.25) is 4.79 Å². The maximum absolute atomic E-state index is 13.1. The first-order valence-corrected chi connectivity index (χ1v) is 5.24. The molecule has 0 heterocycles. The van der Waals surface area contributed by atoms with Crippen molar-refractivity contribution in [3.05, 3.63) is 29.6 Å². The fourth-order valence-corrected chi connectivity index (χ4v) is 1.34. The van der Waals surface area contributed by atoms with Crippen LogP contribution in [0.3, 0.4) is 0 Å². The van der Waals surface area contributed by atoms with Gasteiger partial charge in [0, 0.05) is 5.69 Å². The number of hydrogen-bond donors (Lipinski definition) is 2. The van der Waals surface area contributed by atoms with Crippen LogP contribution in [0.1, 0.15) is 19.4 Å². The molecular formula is C12H18ClFN2O. The summed E-state index contributed by atoms with van der Waals surface area (Å²) < 4.78 is 13.1. The van der Waals surface area contributed by atoms with Crippen molar-refractivity contribution in [2.75, 3.05) is 5.32 Å². The normalized spacial score (nSPS) is 11.9. The monoisotopic (exact) mass is 260 g/mol. The van der Waals surface area contributed by atoms with Gasteiger partial charge in [-0.05, 0) is 36.6 Å². The number of rotatable bonds is 3. The van der Waals surface area contributed by atoms with Crippen molar-refractivity contribution < 1.29 is 9.18 Å². The average Bonchev–Trinajstić information content (AvgIpc) is 2.14. The molecule has 1 atom stereocenters. The van der Waals surface area contributed by atoms with Gasteiger partial charge in [0.1, 0.15) is 5.82 Å². The zero-order chi connectivity index (χ0) is 12.3. The average molecular weight is 261 g/mol. The molecule has 5 heteroatoms. The third-order valence-electron chi connectivity index (χ3n) is 2.33. The lowest BCUT2D eigenvalue weighted by atomic mass is 10.0. The summed E-state index contributed by atoms with van der Waals surface area (Å²) in [6.07, 6.45) is 0. The van der Waals surface area contributed by atoms with E-state index in [1.54, 1.807) is 13.0 Å². The SMILES string of the molecule is Cc1cc(F)cc(NC(=O)[C@@H](N)C(C)C)c1.Cl. The van der Waals surface area contributed by atoms with E-state index in [1.165, 1.54) is 12.1 Å². The molecule has 0 saturated heterocycles. The molecule has 0 spiro atoms. The van der Waals surface area contributed by atoms with Crippen molar-refractivity contribution >= 4 is 24.0 Å². The van der Waals surface area contributed by atoms with Gasteiger partial charge < -0.3 is 11.1 Å². The summed E-state index contributed by atoms with van der Waals surface area (Å²) in [7, 11) is 0. The molecule has 0 aliphatic rings. The van der Waals surface area contributed by atoms with Crippen molar-refractivity contribution in [3.8, 4) is 0 Å². The Morgan fingerprint density at radius 3 is 2.41 bits per heavy atom. The van der Waals surface area contributed by atoms with E-state index in [9.17, 15) is 9.18 Å². The quantitative estimate of drug-likeness (QED) is 0.877. The second kappa shape index (κ2) is 6.57. The number of carbonyl (C=O) groups is 1. The summed E-state index contributed by atoms with van der Waals surface area (Å²) >= 11 is 0. The maximum Gasteiger partial charge on any atom is 0.241 e. The Kier molecular flexibility index (Phi) is 6.13. The fraction of sp³-hybridized carbons (Fsp3) is 0.417. The minimum absolute atomic E-state index is 0. The maximum atomic E-state index is 13.1. The van der Waals surface area contributed by atoms with Crippen molar-refractivity contribution in [2.24, 2.45) is 11.7 Å². The van der Waals surface area contributed by atoms with Gasteiger partial charge >= 0.3 is 0 Å². The number of halogens is 2. The Labute approximate surface area is 107 Å². The second-order valence-electron chi connectivity index (χ2n) is 4.28. The van der Waals surface area contributed by atoms with Gasteiger partial charge in [-0.2, -0.15) is 0 Å². The molecule has 1 aromatic rings. The van der Waals surface area contributed by atoms with Crippen LogP contribution in [0.2, 0.25) is 0 Å². The third-order valence-corrected chi connectivity index (χ3v) is 2.33. The summed E-state index contributed by atoms with van der Waals surface area (Å²) in [4.78, 5) is 11.6.